The molecule has 0 spiro atoms. The van der Waals surface area contributed by atoms with Crippen LogP contribution in [-0.2, 0) is 16.0 Å². The molecule has 1 aliphatic rings. The topological polar surface area (TPSA) is 95.7 Å². The number of likely N-dealkylation sites (N-methyl/N-ethyl adjacent to an activating group) is 1. The van der Waals surface area contributed by atoms with E-state index in [0.717, 1.165) is 11.3 Å². The van der Waals surface area contributed by atoms with Crippen molar-refractivity contribution in [2.45, 2.75) is 12.8 Å². The Balaban J connectivity index is 2.33. The molecule has 1 amide bonds. The highest BCUT2D eigenvalue weighted by Crippen LogP contribution is 2.32. The molecule has 18 heavy (non-hydrogen) atoms. The summed E-state index contributed by atoms with van der Waals surface area (Å²) in [6, 6.07) is 3.52. The van der Waals surface area contributed by atoms with Crippen LogP contribution in [0, 0.1) is 0 Å². The van der Waals surface area contributed by atoms with Gasteiger partial charge in [-0.2, -0.15) is 0 Å². The monoisotopic (exact) mass is 249 g/mol. The molecule has 0 saturated heterocycles. The smallest absolute Gasteiger partial charge is 0.323 e. The van der Waals surface area contributed by atoms with Crippen molar-refractivity contribution in [1.82, 2.24) is 0 Å². The molecule has 96 valence electrons. The largest absolute Gasteiger partial charge is 0.480 e. The van der Waals surface area contributed by atoms with E-state index in [-0.39, 0.29) is 12.5 Å². The Morgan fingerprint density at radius 3 is 2.89 bits per heavy atom. The summed E-state index contributed by atoms with van der Waals surface area (Å²) in [4.78, 5) is 23.5. The van der Waals surface area contributed by atoms with Crippen molar-refractivity contribution in [3.8, 4) is 0 Å². The number of nitrogen functional groups attached to an aromatic ring is 1. The van der Waals surface area contributed by atoms with Crippen molar-refractivity contribution < 1.29 is 14.7 Å². The lowest BCUT2D eigenvalue weighted by Gasteiger charge is -2.23. The molecule has 0 aliphatic carbocycles. The van der Waals surface area contributed by atoms with Crippen LogP contribution in [0.5, 0.6) is 0 Å². The molecule has 1 aromatic carbocycles. The van der Waals surface area contributed by atoms with Crippen LogP contribution in [0.25, 0.3) is 0 Å². The predicted molar refractivity (Wildman–Crippen MR) is 68.7 cm³/mol. The number of nitrogens with one attached hydrogen (secondary N) is 1. The van der Waals surface area contributed by atoms with Crippen LogP contribution in [0.3, 0.4) is 0 Å². The highest BCUT2D eigenvalue weighted by molar-refractivity contribution is 5.95. The summed E-state index contributed by atoms with van der Waals surface area (Å²) >= 11 is 0. The minimum absolute atomic E-state index is 0.0199. The molecule has 0 bridgehead atoms. The van der Waals surface area contributed by atoms with Gasteiger partial charge in [-0.15, -0.1) is 0 Å². The molecule has 1 aromatic rings. The van der Waals surface area contributed by atoms with Crippen molar-refractivity contribution in [3.05, 3.63) is 17.7 Å². The second-order valence-corrected chi connectivity index (χ2v) is 4.37. The van der Waals surface area contributed by atoms with Crippen molar-refractivity contribution in [2.75, 3.05) is 29.5 Å². The minimum atomic E-state index is -0.914. The number of amides is 1. The Morgan fingerprint density at radius 2 is 2.22 bits per heavy atom. The number of aryl methyl sites for hydroxylation is 1. The molecule has 1 heterocycles. The zero-order valence-corrected chi connectivity index (χ0v) is 10.1. The standard InChI is InChI=1S/C12H15N3O3/c1-15(6-12(17)18)10-4-7-2-3-11(16)14-9(7)5-8(10)13/h4-5H,2-3,6,13H2,1H3,(H,14,16)(H,17,18). The number of anilines is 3. The molecule has 6 nitrogen and oxygen atoms in total. The summed E-state index contributed by atoms with van der Waals surface area (Å²) in [6.45, 7) is -0.116. The molecule has 2 rings (SSSR count). The van der Waals surface area contributed by atoms with E-state index >= 15 is 0 Å². The number of hydrogen-bond acceptors (Lipinski definition) is 4. The third-order valence-corrected chi connectivity index (χ3v) is 2.93. The van der Waals surface area contributed by atoms with Gasteiger partial charge in [0.15, 0.2) is 0 Å². The fourth-order valence-corrected chi connectivity index (χ4v) is 2.05. The average Bonchev–Trinajstić information content (AvgIpc) is 2.26. The van der Waals surface area contributed by atoms with E-state index in [0.29, 0.717) is 24.2 Å². The van der Waals surface area contributed by atoms with Crippen LogP contribution in [0.2, 0.25) is 0 Å². The van der Waals surface area contributed by atoms with Gasteiger partial charge in [0.1, 0.15) is 6.54 Å². The number of carbonyl (C=O) groups is 2. The summed E-state index contributed by atoms with van der Waals surface area (Å²) < 4.78 is 0. The minimum Gasteiger partial charge on any atom is -0.480 e. The van der Waals surface area contributed by atoms with Crippen molar-refractivity contribution in [2.24, 2.45) is 0 Å². The summed E-state index contributed by atoms with van der Waals surface area (Å²) in [5.41, 5.74) is 8.71. The molecule has 0 unspecified atom stereocenters. The van der Waals surface area contributed by atoms with Crippen molar-refractivity contribution in [3.63, 3.8) is 0 Å². The first-order chi connectivity index (χ1) is 8.47. The Morgan fingerprint density at radius 1 is 1.50 bits per heavy atom. The highest BCUT2D eigenvalue weighted by Gasteiger charge is 2.18. The first-order valence-electron chi connectivity index (χ1n) is 5.62. The van der Waals surface area contributed by atoms with Crippen LogP contribution < -0.4 is 16.0 Å². The van der Waals surface area contributed by atoms with Gasteiger partial charge in [0.25, 0.3) is 0 Å². The van der Waals surface area contributed by atoms with Gasteiger partial charge >= 0.3 is 5.97 Å². The fraction of sp³-hybridized carbons (Fsp3) is 0.333. The second kappa shape index (κ2) is 4.56. The lowest BCUT2D eigenvalue weighted by molar-refractivity contribution is -0.135. The van der Waals surface area contributed by atoms with Gasteiger partial charge in [-0.05, 0) is 24.1 Å². The molecule has 0 atom stereocenters. The van der Waals surface area contributed by atoms with E-state index in [1.165, 1.54) is 0 Å². The van der Waals surface area contributed by atoms with Gasteiger partial charge in [0.05, 0.1) is 11.4 Å². The third kappa shape index (κ3) is 2.37. The van der Waals surface area contributed by atoms with Crippen LogP contribution in [0.1, 0.15) is 12.0 Å². The lowest BCUT2D eigenvalue weighted by atomic mass is 10.0. The molecule has 1 aliphatic heterocycles. The number of benzene rings is 1. The Kier molecular flexibility index (Phi) is 3.10. The van der Waals surface area contributed by atoms with E-state index in [2.05, 4.69) is 5.32 Å². The first-order valence-corrected chi connectivity index (χ1v) is 5.62. The van der Waals surface area contributed by atoms with Gasteiger partial charge in [0, 0.05) is 19.2 Å². The highest BCUT2D eigenvalue weighted by atomic mass is 16.4. The fourth-order valence-electron chi connectivity index (χ4n) is 2.05. The maximum atomic E-state index is 11.3. The van der Waals surface area contributed by atoms with E-state index in [1.807, 2.05) is 6.07 Å². The number of carboxylic acid groups (broad SMARTS) is 1. The van der Waals surface area contributed by atoms with Crippen molar-refractivity contribution >= 4 is 28.9 Å². The Hall–Kier alpha value is -2.24. The molecule has 4 N–H and O–H groups in total. The maximum Gasteiger partial charge on any atom is 0.323 e. The number of carboxylic acids is 1. The van der Waals surface area contributed by atoms with Gasteiger partial charge in [0.2, 0.25) is 5.91 Å². The molecule has 0 fully saturated rings. The number of rotatable bonds is 3. The van der Waals surface area contributed by atoms with Crippen LogP contribution in [0.15, 0.2) is 12.1 Å². The van der Waals surface area contributed by atoms with Crippen LogP contribution in [0.4, 0.5) is 17.1 Å². The number of aliphatic carboxylic acids is 1. The van der Waals surface area contributed by atoms with E-state index in [9.17, 15) is 9.59 Å². The van der Waals surface area contributed by atoms with E-state index in [4.69, 9.17) is 10.8 Å². The SMILES string of the molecule is CN(CC(=O)O)c1cc2c(cc1N)NC(=O)CC2. The zero-order chi connectivity index (χ0) is 13.3. The van der Waals surface area contributed by atoms with Crippen molar-refractivity contribution in [1.29, 1.82) is 0 Å². The number of carbonyl (C=O) groups excluding carboxylic acids is 1. The van der Waals surface area contributed by atoms with Crippen LogP contribution >= 0.6 is 0 Å². The molecular formula is C12H15N3O3. The number of fused-ring (bicyclic) bond motifs is 1. The summed E-state index contributed by atoms with van der Waals surface area (Å²) in [5.74, 6) is -0.934. The number of nitrogens with two attached hydrogens (primary N) is 1. The van der Waals surface area contributed by atoms with Gasteiger partial charge in [-0.25, -0.2) is 0 Å². The quantitative estimate of drug-likeness (QED) is 0.684. The van der Waals surface area contributed by atoms with E-state index in [1.54, 1.807) is 18.0 Å². The molecule has 0 radical (unpaired) electrons. The summed E-state index contributed by atoms with van der Waals surface area (Å²) in [7, 11) is 1.67. The summed E-state index contributed by atoms with van der Waals surface area (Å²) in [6.07, 6.45) is 1.09. The normalized spacial score (nSPS) is 13.7. The maximum absolute atomic E-state index is 11.3. The van der Waals surface area contributed by atoms with Crippen LogP contribution in [-0.4, -0.2) is 30.6 Å². The third-order valence-electron chi connectivity index (χ3n) is 2.93. The second-order valence-electron chi connectivity index (χ2n) is 4.37. The Bertz CT molecular complexity index is 514. The summed E-state index contributed by atoms with van der Waals surface area (Å²) in [5, 5.41) is 11.5. The first kappa shape index (κ1) is 12.2. The Labute approximate surface area is 104 Å². The van der Waals surface area contributed by atoms with Gasteiger partial charge < -0.3 is 21.1 Å². The molecule has 0 aromatic heterocycles. The average molecular weight is 249 g/mol. The predicted octanol–water partition coefficient (Wildman–Crippen LogP) is 0.674. The molecule has 6 heteroatoms. The zero-order valence-electron chi connectivity index (χ0n) is 10.1. The molecular weight excluding hydrogens is 234 g/mol. The van der Waals surface area contributed by atoms with Gasteiger partial charge in [-0.1, -0.05) is 0 Å². The van der Waals surface area contributed by atoms with E-state index < -0.39 is 5.97 Å². The lowest BCUT2D eigenvalue weighted by Crippen LogP contribution is -2.27. The number of hydrogen-bond donors (Lipinski definition) is 3. The van der Waals surface area contributed by atoms with Gasteiger partial charge in [-0.3, -0.25) is 9.59 Å². The number of nitrogens with zero attached hydrogens (tertiary/aromatic N) is 1. The molecule has 0 saturated carbocycles.